The molecule has 0 aromatic carbocycles. The zero-order valence-corrected chi connectivity index (χ0v) is 21.6. The van der Waals surface area contributed by atoms with E-state index in [2.05, 4.69) is 45.8 Å². The van der Waals surface area contributed by atoms with Gasteiger partial charge < -0.3 is 5.11 Å². The highest BCUT2D eigenvalue weighted by molar-refractivity contribution is 5.21. The third kappa shape index (κ3) is 3.60. The predicted octanol–water partition coefficient (Wildman–Crippen LogP) is 6.44. The number of aromatic nitrogens is 2. The quantitative estimate of drug-likeness (QED) is 0.573. The molecule has 0 bridgehead atoms. The second-order valence-electron chi connectivity index (χ2n) is 13.4. The first kappa shape index (κ1) is 23.4. The first-order valence-electron chi connectivity index (χ1n) is 13.8. The molecule has 4 aliphatic carbocycles. The molecule has 0 saturated heterocycles. The Bertz CT molecular complexity index is 916. The monoisotopic (exact) mass is 451 g/mol. The fourth-order valence-corrected chi connectivity index (χ4v) is 9.72. The van der Waals surface area contributed by atoms with E-state index in [4.69, 9.17) is 5.26 Å². The third-order valence-corrected chi connectivity index (χ3v) is 11.8. The lowest BCUT2D eigenvalue weighted by Crippen LogP contribution is -2.57. The average molecular weight is 452 g/mol. The van der Waals surface area contributed by atoms with Gasteiger partial charge in [0, 0.05) is 12.7 Å². The lowest BCUT2D eigenvalue weighted by molar-refractivity contribution is -0.162. The number of nitrogens with zero attached hydrogens (tertiary/aromatic N) is 3. The van der Waals surface area contributed by atoms with Crippen LogP contribution in [-0.2, 0) is 6.54 Å². The molecule has 33 heavy (non-hydrogen) atoms. The van der Waals surface area contributed by atoms with Gasteiger partial charge in [0.2, 0.25) is 0 Å². The van der Waals surface area contributed by atoms with Gasteiger partial charge >= 0.3 is 0 Å². The smallest absolute Gasteiger partial charge is 0.102 e. The van der Waals surface area contributed by atoms with E-state index in [9.17, 15) is 5.11 Å². The van der Waals surface area contributed by atoms with Gasteiger partial charge in [0.15, 0.2) is 0 Å². The SMILES string of the molecule is CC(Cn1cc(C#N)cn1)[C@H]1CC[C@H]2[C@@H]3CC[C@@H]4C[C@@](O)(C(C)C)CC[C@]4(C)[C@H]3CC[C@]12C. The van der Waals surface area contributed by atoms with Gasteiger partial charge in [-0.1, -0.05) is 34.6 Å². The van der Waals surface area contributed by atoms with Crippen LogP contribution in [0.25, 0.3) is 0 Å². The predicted molar refractivity (Wildman–Crippen MR) is 131 cm³/mol. The molecule has 0 aliphatic heterocycles. The summed E-state index contributed by atoms with van der Waals surface area (Å²) in [5.74, 6) is 5.00. The minimum absolute atomic E-state index is 0.366. The van der Waals surface area contributed by atoms with Gasteiger partial charge in [-0.15, -0.1) is 0 Å². The Morgan fingerprint density at radius 1 is 1.06 bits per heavy atom. The molecule has 4 saturated carbocycles. The minimum Gasteiger partial charge on any atom is -0.390 e. The van der Waals surface area contributed by atoms with Crippen molar-refractivity contribution >= 4 is 0 Å². The molecule has 4 fully saturated rings. The van der Waals surface area contributed by atoms with E-state index >= 15 is 0 Å². The highest BCUT2D eigenvalue weighted by atomic mass is 16.3. The van der Waals surface area contributed by atoms with Crippen LogP contribution in [0, 0.1) is 63.6 Å². The van der Waals surface area contributed by atoms with Crippen LogP contribution in [0.5, 0.6) is 0 Å². The van der Waals surface area contributed by atoms with Gasteiger partial charge in [0.05, 0.1) is 17.4 Å². The van der Waals surface area contributed by atoms with E-state index in [1.165, 1.54) is 44.9 Å². The Labute approximate surface area is 201 Å². The Hall–Kier alpha value is -1.34. The normalized spacial score (nSPS) is 45.7. The highest BCUT2D eigenvalue weighted by Crippen LogP contribution is 2.69. The van der Waals surface area contributed by atoms with Crippen molar-refractivity contribution in [2.45, 2.75) is 105 Å². The summed E-state index contributed by atoms with van der Waals surface area (Å²) in [5, 5.41) is 24.9. The molecule has 0 radical (unpaired) electrons. The zero-order valence-electron chi connectivity index (χ0n) is 21.6. The zero-order chi connectivity index (χ0) is 23.6. The van der Waals surface area contributed by atoms with Crippen LogP contribution in [0.4, 0.5) is 0 Å². The third-order valence-electron chi connectivity index (χ3n) is 11.8. The van der Waals surface area contributed by atoms with E-state index in [0.717, 1.165) is 43.1 Å². The minimum atomic E-state index is -0.438. The molecule has 0 spiro atoms. The Kier molecular flexibility index (Phi) is 5.75. The summed E-state index contributed by atoms with van der Waals surface area (Å²) >= 11 is 0. The van der Waals surface area contributed by atoms with Gasteiger partial charge in [-0.05, 0) is 110 Å². The second-order valence-corrected chi connectivity index (χ2v) is 13.4. The number of rotatable bonds is 4. The molecule has 1 heterocycles. The summed E-state index contributed by atoms with van der Waals surface area (Å²) in [7, 11) is 0. The van der Waals surface area contributed by atoms with Crippen molar-refractivity contribution in [2.75, 3.05) is 0 Å². The standard InChI is InChI=1S/C29H45N3O/c1-19(2)29(33)13-12-27(4)22(14-29)6-7-23-25-9-8-24(28(25,5)11-10-26(23)27)20(3)17-32-18-21(15-30)16-31-32/h16,18-20,22-26,33H,6-14,17H2,1-5H3/t20?,22-,23+,24-,25+,26+,27+,28-,29-/m1/s1. The fraction of sp³-hybridized carbons (Fsp3) is 0.862. The number of hydrogen-bond donors (Lipinski definition) is 1. The summed E-state index contributed by atoms with van der Waals surface area (Å²) < 4.78 is 2.00. The van der Waals surface area contributed by atoms with Crippen molar-refractivity contribution < 1.29 is 5.11 Å². The molecular formula is C29H45N3O. The molecule has 4 heteroatoms. The summed E-state index contributed by atoms with van der Waals surface area (Å²) in [5.41, 5.74) is 1.10. The van der Waals surface area contributed by atoms with Gasteiger partial charge in [0.25, 0.3) is 0 Å². The molecule has 182 valence electrons. The number of fused-ring (bicyclic) bond motifs is 5. The molecule has 1 aromatic heterocycles. The maximum absolute atomic E-state index is 11.3. The number of nitriles is 1. The van der Waals surface area contributed by atoms with Crippen LogP contribution >= 0.6 is 0 Å². The largest absolute Gasteiger partial charge is 0.390 e. The van der Waals surface area contributed by atoms with Gasteiger partial charge in [-0.2, -0.15) is 10.4 Å². The Morgan fingerprint density at radius 3 is 2.52 bits per heavy atom. The van der Waals surface area contributed by atoms with Crippen molar-refractivity contribution in [1.82, 2.24) is 9.78 Å². The first-order chi connectivity index (χ1) is 15.6. The topological polar surface area (TPSA) is 61.8 Å². The lowest BCUT2D eigenvalue weighted by atomic mass is 9.43. The first-order valence-corrected chi connectivity index (χ1v) is 13.8. The lowest BCUT2D eigenvalue weighted by Gasteiger charge is -2.62. The van der Waals surface area contributed by atoms with Crippen molar-refractivity contribution in [3.8, 4) is 6.07 Å². The van der Waals surface area contributed by atoms with Gasteiger partial charge in [-0.25, -0.2) is 0 Å². The molecule has 4 nitrogen and oxygen atoms in total. The summed E-state index contributed by atoms with van der Waals surface area (Å²) in [6.07, 6.45) is 15.1. The van der Waals surface area contributed by atoms with Gasteiger partial charge in [0.1, 0.15) is 6.07 Å². The Morgan fingerprint density at radius 2 is 1.82 bits per heavy atom. The maximum atomic E-state index is 11.3. The second kappa shape index (κ2) is 8.11. The maximum Gasteiger partial charge on any atom is 0.102 e. The number of aliphatic hydroxyl groups is 1. The summed E-state index contributed by atoms with van der Waals surface area (Å²) in [6.45, 7) is 13.0. The fourth-order valence-electron chi connectivity index (χ4n) is 9.72. The van der Waals surface area contributed by atoms with Crippen LogP contribution < -0.4 is 0 Å². The Balaban J connectivity index is 1.32. The van der Waals surface area contributed by atoms with Crippen molar-refractivity contribution in [3.63, 3.8) is 0 Å². The van der Waals surface area contributed by atoms with E-state index in [1.54, 1.807) is 6.20 Å². The van der Waals surface area contributed by atoms with E-state index in [1.807, 2.05) is 10.9 Å². The average Bonchev–Trinajstić information content (AvgIpc) is 3.37. The van der Waals surface area contributed by atoms with E-state index in [-0.39, 0.29) is 0 Å². The van der Waals surface area contributed by atoms with Crippen LogP contribution in [0.2, 0.25) is 0 Å². The van der Waals surface area contributed by atoms with Crippen LogP contribution in [-0.4, -0.2) is 20.5 Å². The molecule has 4 aliphatic rings. The highest BCUT2D eigenvalue weighted by Gasteiger charge is 2.61. The molecular weight excluding hydrogens is 406 g/mol. The molecule has 5 rings (SSSR count). The van der Waals surface area contributed by atoms with Gasteiger partial charge in [-0.3, -0.25) is 4.68 Å². The number of hydrogen-bond acceptors (Lipinski definition) is 3. The van der Waals surface area contributed by atoms with Crippen LogP contribution in [0.1, 0.15) is 98.0 Å². The van der Waals surface area contributed by atoms with Crippen molar-refractivity contribution in [2.24, 2.45) is 52.3 Å². The molecule has 9 atom stereocenters. The van der Waals surface area contributed by atoms with E-state index < -0.39 is 5.60 Å². The van der Waals surface area contributed by atoms with Crippen molar-refractivity contribution in [1.29, 1.82) is 5.26 Å². The van der Waals surface area contributed by atoms with Crippen LogP contribution in [0.3, 0.4) is 0 Å². The molecule has 0 amide bonds. The summed E-state index contributed by atoms with van der Waals surface area (Å²) in [4.78, 5) is 0. The summed E-state index contributed by atoms with van der Waals surface area (Å²) in [6, 6.07) is 2.21. The van der Waals surface area contributed by atoms with Crippen LogP contribution in [0.15, 0.2) is 12.4 Å². The van der Waals surface area contributed by atoms with E-state index in [0.29, 0.717) is 34.1 Å². The molecule has 1 unspecified atom stereocenters. The molecule has 1 aromatic rings. The molecule has 1 N–H and O–H groups in total. The van der Waals surface area contributed by atoms with Crippen molar-refractivity contribution in [3.05, 3.63) is 18.0 Å².